The van der Waals surface area contributed by atoms with Crippen molar-refractivity contribution in [3.63, 3.8) is 0 Å². The molecular formula is C11H14N6O2. The molecule has 0 aliphatic rings. The first-order valence-corrected chi connectivity index (χ1v) is 5.83. The van der Waals surface area contributed by atoms with E-state index >= 15 is 0 Å². The van der Waals surface area contributed by atoms with Crippen LogP contribution in [-0.2, 0) is 0 Å². The Hall–Kier alpha value is -2.64. The lowest BCUT2D eigenvalue weighted by molar-refractivity contribution is -0.384. The number of hydrogen-bond acceptors (Lipinski definition) is 6. The number of nitro benzene ring substituents is 1. The highest BCUT2D eigenvalue weighted by atomic mass is 16.6. The molecule has 0 radical (unpaired) electrons. The molecule has 0 saturated carbocycles. The van der Waals surface area contributed by atoms with E-state index < -0.39 is 4.92 Å². The summed E-state index contributed by atoms with van der Waals surface area (Å²) in [7, 11) is 0. The van der Waals surface area contributed by atoms with Gasteiger partial charge in [-0.15, -0.1) is 5.10 Å². The van der Waals surface area contributed by atoms with E-state index in [-0.39, 0.29) is 11.6 Å². The van der Waals surface area contributed by atoms with Gasteiger partial charge in [-0.1, -0.05) is 13.0 Å². The highest BCUT2D eigenvalue weighted by molar-refractivity contribution is 5.47. The molecular weight excluding hydrogens is 248 g/mol. The number of nitrogen functional groups attached to an aromatic ring is 1. The topological polar surface area (TPSA) is 112 Å². The van der Waals surface area contributed by atoms with E-state index in [1.54, 1.807) is 12.1 Å². The predicted octanol–water partition coefficient (Wildman–Crippen LogP) is 1.58. The fourth-order valence-electron chi connectivity index (χ4n) is 1.56. The molecule has 19 heavy (non-hydrogen) atoms. The lowest BCUT2D eigenvalue weighted by atomic mass is 10.3. The molecule has 1 aromatic heterocycles. The molecule has 100 valence electrons. The summed E-state index contributed by atoms with van der Waals surface area (Å²) >= 11 is 0. The van der Waals surface area contributed by atoms with Crippen molar-refractivity contribution in [3.05, 3.63) is 34.4 Å². The minimum absolute atomic E-state index is 0.0181. The summed E-state index contributed by atoms with van der Waals surface area (Å²) in [5, 5.41) is 17.9. The Morgan fingerprint density at radius 1 is 1.53 bits per heavy atom. The standard InChI is InChI=1S/C11H14N6O2/c1-2-6-13-11-14-10(12)16(15-11)8-4-3-5-9(7-8)17(18)19/h3-5,7H,2,6H2,1H3,(H3,12,13,14,15). The zero-order valence-electron chi connectivity index (χ0n) is 10.4. The Morgan fingerprint density at radius 2 is 2.32 bits per heavy atom. The van der Waals surface area contributed by atoms with Crippen molar-refractivity contribution in [2.75, 3.05) is 17.6 Å². The van der Waals surface area contributed by atoms with Gasteiger partial charge in [0.2, 0.25) is 11.9 Å². The molecule has 1 aromatic carbocycles. The molecule has 0 unspecified atom stereocenters. The first-order chi connectivity index (χ1) is 9.11. The third-order valence-electron chi connectivity index (χ3n) is 2.45. The summed E-state index contributed by atoms with van der Waals surface area (Å²) in [5.74, 6) is 0.588. The Bertz CT molecular complexity index is 595. The molecule has 0 fully saturated rings. The first kappa shape index (κ1) is 12.8. The molecule has 2 rings (SSSR count). The minimum Gasteiger partial charge on any atom is -0.368 e. The van der Waals surface area contributed by atoms with Gasteiger partial charge in [-0.2, -0.15) is 9.67 Å². The summed E-state index contributed by atoms with van der Waals surface area (Å²) in [6, 6.07) is 6.07. The number of nitrogens with one attached hydrogen (secondary N) is 1. The molecule has 0 saturated heterocycles. The lowest BCUT2D eigenvalue weighted by Crippen LogP contribution is -2.04. The second-order valence-corrected chi connectivity index (χ2v) is 3.91. The van der Waals surface area contributed by atoms with Crippen LogP contribution in [0.15, 0.2) is 24.3 Å². The van der Waals surface area contributed by atoms with Gasteiger partial charge in [-0.3, -0.25) is 10.1 Å². The summed E-state index contributed by atoms with van der Waals surface area (Å²) < 4.78 is 1.37. The zero-order valence-corrected chi connectivity index (χ0v) is 10.4. The van der Waals surface area contributed by atoms with Crippen LogP contribution in [0.2, 0.25) is 0 Å². The van der Waals surface area contributed by atoms with Crippen LogP contribution in [0.1, 0.15) is 13.3 Å². The van der Waals surface area contributed by atoms with Crippen LogP contribution in [0, 0.1) is 10.1 Å². The quantitative estimate of drug-likeness (QED) is 0.625. The van der Waals surface area contributed by atoms with Crippen molar-refractivity contribution in [1.82, 2.24) is 14.8 Å². The number of anilines is 2. The van der Waals surface area contributed by atoms with Gasteiger partial charge in [0.25, 0.3) is 5.69 Å². The second-order valence-electron chi connectivity index (χ2n) is 3.91. The minimum atomic E-state index is -0.465. The van der Waals surface area contributed by atoms with Gasteiger partial charge < -0.3 is 11.1 Å². The van der Waals surface area contributed by atoms with Crippen LogP contribution < -0.4 is 11.1 Å². The molecule has 0 amide bonds. The van der Waals surface area contributed by atoms with Gasteiger partial charge >= 0.3 is 0 Å². The van der Waals surface area contributed by atoms with Crippen LogP contribution in [0.3, 0.4) is 0 Å². The van der Waals surface area contributed by atoms with Gasteiger partial charge in [0.1, 0.15) is 0 Å². The average Bonchev–Trinajstić information content (AvgIpc) is 2.77. The summed E-state index contributed by atoms with van der Waals surface area (Å²) in [6.45, 7) is 2.76. The highest BCUT2D eigenvalue weighted by Crippen LogP contribution is 2.19. The van der Waals surface area contributed by atoms with Crippen LogP contribution in [0.25, 0.3) is 5.69 Å². The third-order valence-corrected chi connectivity index (χ3v) is 2.45. The summed E-state index contributed by atoms with van der Waals surface area (Å²) in [6.07, 6.45) is 0.936. The number of non-ortho nitro benzene ring substituents is 1. The normalized spacial score (nSPS) is 10.4. The molecule has 8 heteroatoms. The number of nitro groups is 1. The maximum Gasteiger partial charge on any atom is 0.271 e. The fraction of sp³-hybridized carbons (Fsp3) is 0.273. The SMILES string of the molecule is CCCNc1nc(N)n(-c2cccc([N+](=O)[O-])c2)n1. The number of benzene rings is 1. The van der Waals surface area contributed by atoms with E-state index in [0.717, 1.165) is 13.0 Å². The molecule has 0 bridgehead atoms. The van der Waals surface area contributed by atoms with Gasteiger partial charge in [0.05, 0.1) is 10.6 Å². The molecule has 0 aliphatic carbocycles. The molecule has 2 aromatic rings. The van der Waals surface area contributed by atoms with Gasteiger partial charge in [0.15, 0.2) is 0 Å². The van der Waals surface area contributed by atoms with E-state index in [1.807, 2.05) is 6.92 Å². The highest BCUT2D eigenvalue weighted by Gasteiger charge is 2.11. The Morgan fingerprint density at radius 3 is 3.00 bits per heavy atom. The van der Waals surface area contributed by atoms with E-state index in [1.165, 1.54) is 16.8 Å². The average molecular weight is 262 g/mol. The van der Waals surface area contributed by atoms with E-state index in [2.05, 4.69) is 15.4 Å². The van der Waals surface area contributed by atoms with Crippen molar-refractivity contribution in [3.8, 4) is 5.69 Å². The monoisotopic (exact) mass is 262 g/mol. The molecule has 1 heterocycles. The third kappa shape index (κ3) is 2.79. The molecule has 8 nitrogen and oxygen atoms in total. The number of rotatable bonds is 5. The Balaban J connectivity index is 2.33. The largest absolute Gasteiger partial charge is 0.368 e. The Kier molecular flexibility index (Phi) is 3.60. The van der Waals surface area contributed by atoms with Crippen molar-refractivity contribution >= 4 is 17.6 Å². The van der Waals surface area contributed by atoms with Gasteiger partial charge in [0, 0.05) is 18.7 Å². The second kappa shape index (κ2) is 5.34. The van der Waals surface area contributed by atoms with Crippen LogP contribution in [0.4, 0.5) is 17.6 Å². The van der Waals surface area contributed by atoms with E-state index in [0.29, 0.717) is 11.6 Å². The molecule has 3 N–H and O–H groups in total. The van der Waals surface area contributed by atoms with Crippen molar-refractivity contribution in [2.24, 2.45) is 0 Å². The maximum absolute atomic E-state index is 10.7. The number of nitrogens with two attached hydrogens (primary N) is 1. The zero-order chi connectivity index (χ0) is 13.8. The summed E-state index contributed by atoms with van der Waals surface area (Å²) in [5.41, 5.74) is 6.24. The molecule has 0 aliphatic heterocycles. The maximum atomic E-state index is 10.7. The van der Waals surface area contributed by atoms with Crippen molar-refractivity contribution in [2.45, 2.75) is 13.3 Å². The fourth-order valence-corrected chi connectivity index (χ4v) is 1.56. The lowest BCUT2D eigenvalue weighted by Gasteiger charge is -2.01. The number of nitrogens with zero attached hydrogens (tertiary/aromatic N) is 4. The van der Waals surface area contributed by atoms with Crippen LogP contribution in [0.5, 0.6) is 0 Å². The Labute approximate surface area is 109 Å². The van der Waals surface area contributed by atoms with Gasteiger partial charge in [-0.25, -0.2) is 0 Å². The van der Waals surface area contributed by atoms with E-state index in [4.69, 9.17) is 5.73 Å². The molecule has 0 atom stereocenters. The van der Waals surface area contributed by atoms with Crippen molar-refractivity contribution in [1.29, 1.82) is 0 Å². The summed E-state index contributed by atoms with van der Waals surface area (Å²) in [4.78, 5) is 14.3. The smallest absolute Gasteiger partial charge is 0.271 e. The number of aromatic nitrogens is 3. The van der Waals surface area contributed by atoms with Gasteiger partial charge in [-0.05, 0) is 12.5 Å². The molecule has 0 spiro atoms. The van der Waals surface area contributed by atoms with Crippen LogP contribution in [-0.4, -0.2) is 26.2 Å². The van der Waals surface area contributed by atoms with E-state index in [9.17, 15) is 10.1 Å². The van der Waals surface area contributed by atoms with Crippen LogP contribution >= 0.6 is 0 Å². The number of hydrogen-bond donors (Lipinski definition) is 2. The predicted molar refractivity (Wildman–Crippen MR) is 71.2 cm³/mol. The first-order valence-electron chi connectivity index (χ1n) is 5.83. The van der Waals surface area contributed by atoms with Crippen molar-refractivity contribution < 1.29 is 4.92 Å².